The third-order valence-electron chi connectivity index (χ3n) is 2.90. The highest BCUT2D eigenvalue weighted by atomic mass is 32.2. The molecule has 0 aromatic carbocycles. The van der Waals surface area contributed by atoms with Gasteiger partial charge in [0, 0.05) is 24.3 Å². The van der Waals surface area contributed by atoms with Crippen molar-refractivity contribution in [1.82, 2.24) is 9.55 Å². The molecule has 98 valence electrons. The molecule has 2 aromatic heterocycles. The summed E-state index contributed by atoms with van der Waals surface area (Å²) in [6.07, 6.45) is 0.709. The number of hydrogen-bond acceptors (Lipinski definition) is 5. The average Bonchev–Trinajstić information content (AvgIpc) is 2.62. The van der Waals surface area contributed by atoms with Crippen molar-refractivity contribution in [1.29, 1.82) is 0 Å². The van der Waals surface area contributed by atoms with E-state index in [1.807, 2.05) is 13.8 Å². The maximum absolute atomic E-state index is 12.3. The molecule has 0 atom stereocenters. The van der Waals surface area contributed by atoms with Crippen LogP contribution in [0.4, 0.5) is 0 Å². The van der Waals surface area contributed by atoms with E-state index in [2.05, 4.69) is 4.98 Å². The molecular weight excluding hydrogens is 268 g/mol. The Morgan fingerprint density at radius 2 is 2.17 bits per heavy atom. The first-order chi connectivity index (χ1) is 8.56. The summed E-state index contributed by atoms with van der Waals surface area (Å²) in [6.45, 7) is 4.15. The van der Waals surface area contributed by atoms with Gasteiger partial charge in [-0.1, -0.05) is 11.8 Å². The quantitative estimate of drug-likeness (QED) is 0.530. The van der Waals surface area contributed by atoms with Crippen molar-refractivity contribution in [3.63, 3.8) is 0 Å². The zero-order chi connectivity index (χ0) is 13.3. The molecule has 0 aliphatic carbocycles. The van der Waals surface area contributed by atoms with Crippen molar-refractivity contribution in [3.8, 4) is 0 Å². The van der Waals surface area contributed by atoms with E-state index in [1.54, 1.807) is 23.0 Å². The summed E-state index contributed by atoms with van der Waals surface area (Å²) < 4.78 is 1.60. The van der Waals surface area contributed by atoms with Gasteiger partial charge in [0.25, 0.3) is 5.56 Å². The van der Waals surface area contributed by atoms with E-state index in [-0.39, 0.29) is 12.2 Å². The van der Waals surface area contributed by atoms with Crippen LogP contribution in [0, 0.1) is 13.8 Å². The molecule has 18 heavy (non-hydrogen) atoms. The van der Waals surface area contributed by atoms with Gasteiger partial charge < -0.3 is 5.11 Å². The maximum atomic E-state index is 12.3. The summed E-state index contributed by atoms with van der Waals surface area (Å²) >= 11 is 3.08. The van der Waals surface area contributed by atoms with Crippen LogP contribution in [0.3, 0.4) is 0 Å². The fourth-order valence-electron chi connectivity index (χ4n) is 1.71. The fourth-order valence-corrected chi connectivity index (χ4v) is 3.68. The fraction of sp³-hybridized carbons (Fsp3) is 0.500. The van der Waals surface area contributed by atoms with E-state index in [0.717, 1.165) is 31.6 Å². The molecule has 0 saturated heterocycles. The number of hydrogen-bond donors (Lipinski definition) is 1. The Morgan fingerprint density at radius 3 is 2.83 bits per heavy atom. The molecule has 0 radical (unpaired) electrons. The van der Waals surface area contributed by atoms with Gasteiger partial charge in [-0.2, -0.15) is 0 Å². The van der Waals surface area contributed by atoms with Gasteiger partial charge in [-0.15, -0.1) is 11.3 Å². The molecule has 0 fully saturated rings. The van der Waals surface area contributed by atoms with Gasteiger partial charge >= 0.3 is 0 Å². The molecule has 0 bridgehead atoms. The number of aryl methyl sites for hydroxylation is 2. The average molecular weight is 284 g/mol. The largest absolute Gasteiger partial charge is 0.396 e. The number of nitrogens with zero attached hydrogens (tertiary/aromatic N) is 2. The van der Waals surface area contributed by atoms with E-state index in [9.17, 15) is 4.79 Å². The Bertz CT molecular complexity index is 631. The van der Waals surface area contributed by atoms with Crippen LogP contribution in [0.15, 0.2) is 9.95 Å². The van der Waals surface area contributed by atoms with Crippen LogP contribution in [0.2, 0.25) is 0 Å². The zero-order valence-corrected chi connectivity index (χ0v) is 12.3. The molecule has 0 amide bonds. The summed E-state index contributed by atoms with van der Waals surface area (Å²) in [5, 5.41) is 10.2. The van der Waals surface area contributed by atoms with Crippen LogP contribution >= 0.6 is 23.1 Å². The predicted octanol–water partition coefficient (Wildman–Crippen LogP) is 2.09. The number of aromatic nitrogens is 2. The third-order valence-corrected chi connectivity index (χ3v) is 5.12. The molecule has 0 saturated carbocycles. The Hall–Kier alpha value is -0.850. The van der Waals surface area contributed by atoms with Gasteiger partial charge in [-0.25, -0.2) is 4.98 Å². The van der Waals surface area contributed by atoms with Crippen LogP contribution in [-0.4, -0.2) is 27.0 Å². The number of aliphatic hydroxyl groups excluding tert-OH is 1. The molecule has 6 heteroatoms. The first-order valence-corrected chi connectivity index (χ1v) is 7.57. The highest BCUT2D eigenvalue weighted by molar-refractivity contribution is 7.99. The molecule has 2 heterocycles. The van der Waals surface area contributed by atoms with Crippen LogP contribution < -0.4 is 5.56 Å². The minimum Gasteiger partial charge on any atom is -0.396 e. The summed E-state index contributed by atoms with van der Waals surface area (Å²) in [5.74, 6) is 0.769. The Labute approximate surface area is 114 Å². The summed E-state index contributed by atoms with van der Waals surface area (Å²) in [7, 11) is 1.75. The van der Waals surface area contributed by atoms with Crippen molar-refractivity contribution < 1.29 is 5.11 Å². The molecule has 2 aromatic rings. The molecule has 1 N–H and O–H groups in total. The monoisotopic (exact) mass is 284 g/mol. The van der Waals surface area contributed by atoms with Crippen LogP contribution in [0.1, 0.15) is 16.9 Å². The van der Waals surface area contributed by atoms with Crippen LogP contribution in [0.25, 0.3) is 10.2 Å². The molecule has 2 rings (SSSR count). The van der Waals surface area contributed by atoms with Crippen molar-refractivity contribution in [2.45, 2.75) is 25.4 Å². The van der Waals surface area contributed by atoms with Crippen molar-refractivity contribution >= 4 is 33.3 Å². The van der Waals surface area contributed by atoms with Gasteiger partial charge in [0.05, 0.1) is 5.39 Å². The number of rotatable bonds is 4. The molecule has 0 spiro atoms. The number of thioether (sulfide) groups is 1. The number of aliphatic hydroxyl groups is 1. The lowest BCUT2D eigenvalue weighted by molar-refractivity contribution is 0.296. The lowest BCUT2D eigenvalue weighted by Crippen LogP contribution is -2.19. The predicted molar refractivity (Wildman–Crippen MR) is 76.8 cm³/mol. The smallest absolute Gasteiger partial charge is 0.262 e. The first-order valence-electron chi connectivity index (χ1n) is 5.76. The van der Waals surface area contributed by atoms with E-state index in [0.29, 0.717) is 6.42 Å². The van der Waals surface area contributed by atoms with Gasteiger partial charge in [-0.3, -0.25) is 9.36 Å². The second kappa shape index (κ2) is 5.42. The minimum absolute atomic E-state index is 0.0216. The van der Waals surface area contributed by atoms with Crippen LogP contribution in [-0.2, 0) is 7.05 Å². The highest BCUT2D eigenvalue weighted by Crippen LogP contribution is 2.28. The van der Waals surface area contributed by atoms with Crippen LogP contribution in [0.5, 0.6) is 0 Å². The Kier molecular flexibility index (Phi) is 4.09. The third kappa shape index (κ3) is 2.32. The van der Waals surface area contributed by atoms with E-state index >= 15 is 0 Å². The van der Waals surface area contributed by atoms with Crippen molar-refractivity contribution in [2.75, 3.05) is 12.4 Å². The lowest BCUT2D eigenvalue weighted by atomic mass is 10.2. The van der Waals surface area contributed by atoms with Crippen molar-refractivity contribution in [3.05, 3.63) is 20.8 Å². The number of thiophene rings is 1. The molecule has 0 aliphatic rings. The topological polar surface area (TPSA) is 55.1 Å². The Morgan fingerprint density at radius 1 is 1.44 bits per heavy atom. The molecule has 4 nitrogen and oxygen atoms in total. The van der Waals surface area contributed by atoms with Crippen molar-refractivity contribution in [2.24, 2.45) is 7.05 Å². The van der Waals surface area contributed by atoms with E-state index < -0.39 is 0 Å². The summed E-state index contributed by atoms with van der Waals surface area (Å²) in [5.41, 5.74) is 1.06. The summed E-state index contributed by atoms with van der Waals surface area (Å²) in [4.78, 5) is 18.8. The number of fused-ring (bicyclic) bond motifs is 1. The highest BCUT2D eigenvalue weighted by Gasteiger charge is 2.14. The SMILES string of the molecule is Cc1sc2nc(SCCCO)n(C)c(=O)c2c1C. The van der Waals surface area contributed by atoms with Gasteiger partial charge in [-0.05, 0) is 25.8 Å². The normalized spacial score (nSPS) is 11.3. The van der Waals surface area contributed by atoms with E-state index in [4.69, 9.17) is 5.11 Å². The molecule has 0 aliphatic heterocycles. The standard InChI is InChI=1S/C12H16N2O2S2/c1-7-8(2)18-10-9(7)11(16)14(3)12(13-10)17-6-4-5-15/h15H,4-6H2,1-3H3. The second-order valence-electron chi connectivity index (χ2n) is 4.15. The van der Waals surface area contributed by atoms with Gasteiger partial charge in [0.15, 0.2) is 5.16 Å². The lowest BCUT2D eigenvalue weighted by Gasteiger charge is -2.06. The first kappa shape index (κ1) is 13.6. The zero-order valence-electron chi connectivity index (χ0n) is 10.7. The van der Waals surface area contributed by atoms with Gasteiger partial charge in [0.2, 0.25) is 0 Å². The molecule has 0 unspecified atom stereocenters. The van der Waals surface area contributed by atoms with Gasteiger partial charge in [0.1, 0.15) is 4.83 Å². The minimum atomic E-state index is 0.0216. The summed E-state index contributed by atoms with van der Waals surface area (Å²) in [6, 6.07) is 0. The maximum Gasteiger partial charge on any atom is 0.262 e. The molecular formula is C12H16N2O2S2. The second-order valence-corrected chi connectivity index (χ2v) is 6.41. The Balaban J connectivity index is 2.51. The van der Waals surface area contributed by atoms with E-state index in [1.165, 1.54) is 11.8 Å².